The van der Waals surface area contributed by atoms with Crippen molar-refractivity contribution < 1.29 is 19.0 Å². The normalized spacial score (nSPS) is 19.4. The first-order valence-corrected chi connectivity index (χ1v) is 6.64. The van der Waals surface area contributed by atoms with Crippen LogP contribution >= 0.6 is 0 Å². The third-order valence-electron chi connectivity index (χ3n) is 3.02. The fourth-order valence-electron chi connectivity index (χ4n) is 1.97. The lowest BCUT2D eigenvalue weighted by Gasteiger charge is -2.22. The molecular formula is C13H20N2O4. The predicted molar refractivity (Wildman–Crippen MR) is 67.5 cm³/mol. The summed E-state index contributed by atoms with van der Waals surface area (Å²) in [5.41, 5.74) is 1.14. The number of nitrogens with zero attached hydrogens (tertiary/aromatic N) is 2. The van der Waals surface area contributed by atoms with Crippen molar-refractivity contribution in [1.82, 2.24) is 9.78 Å². The van der Waals surface area contributed by atoms with Crippen LogP contribution in [0.15, 0.2) is 6.07 Å². The van der Waals surface area contributed by atoms with Crippen LogP contribution in [0.1, 0.15) is 42.4 Å². The zero-order valence-electron chi connectivity index (χ0n) is 11.4. The highest BCUT2D eigenvalue weighted by Gasteiger charge is 2.17. The maximum Gasteiger partial charge on any atom is 0.358 e. The largest absolute Gasteiger partial charge is 0.461 e. The van der Waals surface area contributed by atoms with Gasteiger partial charge in [0, 0.05) is 13.7 Å². The molecule has 1 unspecified atom stereocenters. The van der Waals surface area contributed by atoms with Crippen molar-refractivity contribution >= 4 is 5.97 Å². The van der Waals surface area contributed by atoms with Crippen LogP contribution in [-0.2, 0) is 27.9 Å². The van der Waals surface area contributed by atoms with Crippen molar-refractivity contribution in [3.63, 3.8) is 0 Å². The minimum atomic E-state index is -0.404. The molecule has 106 valence electrons. The first-order valence-electron chi connectivity index (χ1n) is 6.64. The predicted octanol–water partition coefficient (Wildman–Crippen LogP) is 1.64. The Morgan fingerprint density at radius 1 is 1.58 bits per heavy atom. The lowest BCUT2D eigenvalue weighted by atomic mass is 10.2. The van der Waals surface area contributed by atoms with Crippen LogP contribution in [0.25, 0.3) is 0 Å². The number of esters is 1. The molecule has 1 aliphatic heterocycles. The Hall–Kier alpha value is -1.40. The molecule has 1 fully saturated rings. The number of hydrogen-bond donors (Lipinski definition) is 0. The van der Waals surface area contributed by atoms with Gasteiger partial charge in [-0.3, -0.25) is 4.68 Å². The molecule has 1 atom stereocenters. The lowest BCUT2D eigenvalue weighted by molar-refractivity contribution is -0.169. The summed E-state index contributed by atoms with van der Waals surface area (Å²) in [6.07, 6.45) is 3.00. The van der Waals surface area contributed by atoms with Gasteiger partial charge in [-0.2, -0.15) is 5.10 Å². The van der Waals surface area contributed by atoms with E-state index in [0.717, 1.165) is 31.6 Å². The first kappa shape index (κ1) is 14.0. The van der Waals surface area contributed by atoms with Gasteiger partial charge in [-0.15, -0.1) is 0 Å². The number of aromatic nitrogens is 2. The summed E-state index contributed by atoms with van der Waals surface area (Å²) < 4.78 is 17.7. The third-order valence-corrected chi connectivity index (χ3v) is 3.02. The number of hydrogen-bond acceptors (Lipinski definition) is 5. The molecule has 6 heteroatoms. The fraction of sp³-hybridized carbons (Fsp3) is 0.692. The van der Waals surface area contributed by atoms with E-state index < -0.39 is 5.97 Å². The van der Waals surface area contributed by atoms with Gasteiger partial charge in [0.1, 0.15) is 0 Å². The molecule has 2 rings (SSSR count). The SMILES string of the molecule is CCOC(=O)c1cc(COC2CCCCO2)n(C)n1. The van der Waals surface area contributed by atoms with Gasteiger partial charge in [-0.25, -0.2) is 4.79 Å². The molecule has 1 aromatic heterocycles. The molecule has 0 bridgehead atoms. The summed E-state index contributed by atoms with van der Waals surface area (Å²) in [4.78, 5) is 11.6. The van der Waals surface area contributed by atoms with Crippen LogP contribution in [0.3, 0.4) is 0 Å². The molecule has 6 nitrogen and oxygen atoms in total. The molecular weight excluding hydrogens is 248 g/mol. The van der Waals surface area contributed by atoms with Crippen molar-refractivity contribution in [2.24, 2.45) is 7.05 Å². The van der Waals surface area contributed by atoms with Crippen molar-refractivity contribution in [2.75, 3.05) is 13.2 Å². The van der Waals surface area contributed by atoms with E-state index in [1.807, 2.05) is 0 Å². The Balaban J connectivity index is 1.90. The fourth-order valence-corrected chi connectivity index (χ4v) is 1.97. The van der Waals surface area contributed by atoms with Gasteiger partial charge in [0.25, 0.3) is 0 Å². The van der Waals surface area contributed by atoms with Crippen molar-refractivity contribution in [2.45, 2.75) is 39.1 Å². The van der Waals surface area contributed by atoms with E-state index >= 15 is 0 Å². The Bertz CT molecular complexity index is 424. The molecule has 2 heterocycles. The average Bonchev–Trinajstić information content (AvgIpc) is 2.79. The molecule has 1 saturated heterocycles. The first-order chi connectivity index (χ1) is 9.20. The average molecular weight is 268 g/mol. The highest BCUT2D eigenvalue weighted by atomic mass is 16.7. The molecule has 0 amide bonds. The van der Waals surface area contributed by atoms with E-state index in [1.54, 1.807) is 24.7 Å². The van der Waals surface area contributed by atoms with E-state index in [2.05, 4.69) is 5.10 Å². The van der Waals surface area contributed by atoms with Crippen molar-refractivity contribution in [3.8, 4) is 0 Å². The molecule has 0 aromatic carbocycles. The molecule has 1 aliphatic rings. The Morgan fingerprint density at radius 2 is 2.42 bits per heavy atom. The summed E-state index contributed by atoms with van der Waals surface area (Å²) in [5, 5.41) is 4.11. The van der Waals surface area contributed by atoms with Gasteiger partial charge in [0.15, 0.2) is 12.0 Å². The Labute approximate surface area is 112 Å². The maximum absolute atomic E-state index is 11.6. The number of carbonyl (C=O) groups excluding carboxylic acids is 1. The van der Waals surface area contributed by atoms with Crippen molar-refractivity contribution in [3.05, 3.63) is 17.5 Å². The van der Waals surface area contributed by atoms with Crippen LogP contribution in [0.5, 0.6) is 0 Å². The van der Waals surface area contributed by atoms with E-state index in [9.17, 15) is 4.79 Å². The van der Waals surface area contributed by atoms with E-state index in [1.165, 1.54) is 0 Å². The highest BCUT2D eigenvalue weighted by Crippen LogP contribution is 2.16. The number of aryl methyl sites for hydroxylation is 1. The molecule has 0 spiro atoms. The van der Waals surface area contributed by atoms with Crippen LogP contribution in [0.2, 0.25) is 0 Å². The van der Waals surface area contributed by atoms with Crippen LogP contribution in [0.4, 0.5) is 0 Å². The maximum atomic E-state index is 11.6. The number of carbonyl (C=O) groups is 1. The van der Waals surface area contributed by atoms with Gasteiger partial charge in [0.05, 0.1) is 18.9 Å². The quantitative estimate of drug-likeness (QED) is 0.760. The van der Waals surface area contributed by atoms with Crippen molar-refractivity contribution in [1.29, 1.82) is 0 Å². The summed E-state index contributed by atoms with van der Waals surface area (Å²) >= 11 is 0. The van der Waals surface area contributed by atoms with Gasteiger partial charge in [0.2, 0.25) is 0 Å². The summed E-state index contributed by atoms with van der Waals surface area (Å²) in [5.74, 6) is -0.404. The second-order valence-corrected chi connectivity index (χ2v) is 4.47. The highest BCUT2D eigenvalue weighted by molar-refractivity contribution is 5.87. The summed E-state index contributed by atoms with van der Waals surface area (Å²) in [7, 11) is 1.78. The zero-order valence-corrected chi connectivity index (χ0v) is 11.4. The minimum absolute atomic E-state index is 0.144. The molecule has 0 aliphatic carbocycles. The standard InChI is InChI=1S/C13H20N2O4/c1-3-17-13(16)11-8-10(15(2)14-11)9-19-12-6-4-5-7-18-12/h8,12H,3-7,9H2,1-2H3. The smallest absolute Gasteiger partial charge is 0.358 e. The Kier molecular flexibility index (Phi) is 4.93. The molecule has 0 saturated carbocycles. The second-order valence-electron chi connectivity index (χ2n) is 4.47. The Morgan fingerprint density at radius 3 is 3.11 bits per heavy atom. The number of rotatable bonds is 5. The van der Waals surface area contributed by atoms with Gasteiger partial charge in [-0.1, -0.05) is 0 Å². The van der Waals surface area contributed by atoms with Crippen LogP contribution in [-0.4, -0.2) is 35.3 Å². The molecule has 1 aromatic rings. The third kappa shape index (κ3) is 3.78. The van der Waals surface area contributed by atoms with E-state index in [4.69, 9.17) is 14.2 Å². The molecule has 0 radical (unpaired) electrons. The van der Waals surface area contributed by atoms with Gasteiger partial charge in [-0.05, 0) is 32.3 Å². The van der Waals surface area contributed by atoms with Gasteiger partial charge >= 0.3 is 5.97 Å². The number of ether oxygens (including phenoxy) is 3. The summed E-state index contributed by atoms with van der Waals surface area (Å²) in [6.45, 7) is 3.25. The monoisotopic (exact) mass is 268 g/mol. The zero-order chi connectivity index (χ0) is 13.7. The van der Waals surface area contributed by atoms with Gasteiger partial charge < -0.3 is 14.2 Å². The molecule has 19 heavy (non-hydrogen) atoms. The summed E-state index contributed by atoms with van der Waals surface area (Å²) in [6, 6.07) is 1.70. The van der Waals surface area contributed by atoms with Crippen LogP contribution < -0.4 is 0 Å². The topological polar surface area (TPSA) is 62.6 Å². The van der Waals surface area contributed by atoms with E-state index in [0.29, 0.717) is 18.9 Å². The molecule has 0 N–H and O–H groups in total. The minimum Gasteiger partial charge on any atom is -0.461 e. The second kappa shape index (κ2) is 6.68. The van der Waals surface area contributed by atoms with Crippen LogP contribution in [0, 0.1) is 0 Å². The lowest BCUT2D eigenvalue weighted by Crippen LogP contribution is -2.22. The van der Waals surface area contributed by atoms with E-state index in [-0.39, 0.29) is 6.29 Å².